The Balaban J connectivity index is 1.33. The van der Waals surface area contributed by atoms with Crippen molar-refractivity contribution in [2.75, 3.05) is 5.32 Å². The van der Waals surface area contributed by atoms with Gasteiger partial charge in [-0.25, -0.2) is 0 Å². The van der Waals surface area contributed by atoms with Crippen LogP contribution in [0.3, 0.4) is 0 Å². The van der Waals surface area contributed by atoms with Crippen molar-refractivity contribution in [2.24, 2.45) is 5.92 Å². The number of nitrogens with zero attached hydrogens (tertiary/aromatic N) is 1. The first-order chi connectivity index (χ1) is 16.0. The third-order valence-electron chi connectivity index (χ3n) is 6.53. The predicted molar refractivity (Wildman–Crippen MR) is 134 cm³/mol. The zero-order valence-electron chi connectivity index (χ0n) is 19.2. The average Bonchev–Trinajstić information content (AvgIpc) is 3.50. The Bertz CT molecular complexity index is 969. The molecule has 2 aromatic heterocycles. The van der Waals surface area contributed by atoms with E-state index >= 15 is 0 Å². The molecule has 8 heteroatoms. The van der Waals surface area contributed by atoms with E-state index in [0.29, 0.717) is 28.8 Å². The van der Waals surface area contributed by atoms with Crippen molar-refractivity contribution in [1.82, 2.24) is 15.6 Å². The first-order valence-electron chi connectivity index (χ1n) is 12.0. The molecular formula is C25H33ClN4O2S. The van der Waals surface area contributed by atoms with Gasteiger partial charge in [-0.1, -0.05) is 43.7 Å². The van der Waals surface area contributed by atoms with Crippen LogP contribution in [-0.2, 0) is 11.3 Å². The fraction of sp³-hybridized carbons (Fsp3) is 0.560. The zero-order chi connectivity index (χ0) is 23.2. The van der Waals surface area contributed by atoms with E-state index in [1.807, 2.05) is 25.1 Å². The van der Waals surface area contributed by atoms with Gasteiger partial charge in [0.25, 0.3) is 5.91 Å². The topological polar surface area (TPSA) is 83.1 Å². The summed E-state index contributed by atoms with van der Waals surface area (Å²) < 4.78 is 0. The maximum absolute atomic E-state index is 13.0. The largest absolute Gasteiger partial charge is 0.379 e. The highest BCUT2D eigenvalue weighted by Crippen LogP contribution is 2.28. The van der Waals surface area contributed by atoms with Crippen LogP contribution in [0.4, 0.5) is 5.69 Å². The molecule has 0 bridgehead atoms. The summed E-state index contributed by atoms with van der Waals surface area (Å²) in [6.45, 7) is 2.50. The number of carbonyl (C=O) groups excluding carboxylic acids is 2. The van der Waals surface area contributed by atoms with Crippen molar-refractivity contribution in [3.63, 3.8) is 0 Å². The fourth-order valence-electron chi connectivity index (χ4n) is 4.37. The number of anilines is 1. The van der Waals surface area contributed by atoms with E-state index in [1.165, 1.54) is 43.4 Å². The number of nitrogens with one attached hydrogen (secondary N) is 3. The summed E-state index contributed by atoms with van der Waals surface area (Å²) in [4.78, 5) is 31.7. The summed E-state index contributed by atoms with van der Waals surface area (Å²) in [6.07, 6.45) is 11.8. The van der Waals surface area contributed by atoms with E-state index in [4.69, 9.17) is 11.6 Å². The first kappa shape index (κ1) is 24.0. The van der Waals surface area contributed by atoms with E-state index in [9.17, 15) is 9.59 Å². The van der Waals surface area contributed by atoms with Crippen LogP contribution in [0.25, 0.3) is 0 Å². The molecule has 0 aromatic carbocycles. The minimum absolute atomic E-state index is 0.0379. The molecule has 2 aromatic rings. The molecule has 2 aliphatic rings. The van der Waals surface area contributed by atoms with Crippen molar-refractivity contribution < 1.29 is 9.59 Å². The number of rotatable bonds is 10. The van der Waals surface area contributed by atoms with Gasteiger partial charge in [-0.3, -0.25) is 14.6 Å². The number of amides is 2. The van der Waals surface area contributed by atoms with Gasteiger partial charge in [0.05, 0.1) is 21.3 Å². The molecule has 2 heterocycles. The SMILES string of the molecule is Cc1ncc(Cl)cc1NCc1ccc(C(=O)N[C@@H](CCC2CCCCC2)C(=O)NC2CC2)s1. The van der Waals surface area contributed by atoms with Crippen molar-refractivity contribution in [1.29, 1.82) is 0 Å². The molecule has 0 saturated heterocycles. The van der Waals surface area contributed by atoms with Crippen LogP contribution in [0.2, 0.25) is 5.02 Å². The molecule has 0 radical (unpaired) electrons. The predicted octanol–water partition coefficient (Wildman–Crippen LogP) is 5.45. The molecule has 2 amide bonds. The molecule has 0 unspecified atom stereocenters. The van der Waals surface area contributed by atoms with Crippen molar-refractivity contribution in [3.05, 3.63) is 44.9 Å². The summed E-state index contributed by atoms with van der Waals surface area (Å²) >= 11 is 7.48. The Hall–Kier alpha value is -2.12. The van der Waals surface area contributed by atoms with Gasteiger partial charge in [0.15, 0.2) is 0 Å². The number of aryl methyl sites for hydroxylation is 1. The highest BCUT2D eigenvalue weighted by atomic mass is 35.5. The molecule has 3 N–H and O–H groups in total. The number of hydrogen-bond acceptors (Lipinski definition) is 5. The van der Waals surface area contributed by atoms with Gasteiger partial charge in [0.2, 0.25) is 5.91 Å². The summed E-state index contributed by atoms with van der Waals surface area (Å²) in [7, 11) is 0. The summed E-state index contributed by atoms with van der Waals surface area (Å²) in [6, 6.07) is 5.44. The maximum atomic E-state index is 13.0. The second-order valence-electron chi connectivity index (χ2n) is 9.30. The van der Waals surface area contributed by atoms with Gasteiger partial charge in [0.1, 0.15) is 6.04 Å². The molecular weight excluding hydrogens is 456 g/mol. The summed E-state index contributed by atoms with van der Waals surface area (Å²) in [5.74, 6) is 0.464. The van der Waals surface area contributed by atoms with Gasteiger partial charge in [0, 0.05) is 23.7 Å². The van der Waals surface area contributed by atoms with E-state index in [-0.39, 0.29) is 17.9 Å². The van der Waals surface area contributed by atoms with Gasteiger partial charge in [-0.05, 0) is 56.7 Å². The smallest absolute Gasteiger partial charge is 0.262 e. The number of aromatic nitrogens is 1. The summed E-state index contributed by atoms with van der Waals surface area (Å²) in [5, 5.41) is 10.0. The lowest BCUT2D eigenvalue weighted by atomic mass is 9.85. The van der Waals surface area contributed by atoms with Crippen molar-refractivity contribution in [2.45, 2.75) is 83.3 Å². The Morgan fingerprint density at radius 2 is 1.97 bits per heavy atom. The van der Waals surface area contributed by atoms with Crippen molar-refractivity contribution in [3.8, 4) is 0 Å². The van der Waals surface area contributed by atoms with E-state index < -0.39 is 6.04 Å². The second kappa shape index (κ2) is 11.3. The molecule has 0 aliphatic heterocycles. The Morgan fingerprint density at radius 3 is 2.73 bits per heavy atom. The molecule has 2 fully saturated rings. The van der Waals surface area contributed by atoms with Gasteiger partial charge < -0.3 is 16.0 Å². The van der Waals surface area contributed by atoms with Crippen molar-refractivity contribution >= 4 is 40.4 Å². The molecule has 0 spiro atoms. The number of carbonyl (C=O) groups is 2. The number of halogens is 1. The highest BCUT2D eigenvalue weighted by molar-refractivity contribution is 7.14. The van der Waals surface area contributed by atoms with Crippen LogP contribution in [-0.4, -0.2) is 28.9 Å². The minimum atomic E-state index is -0.469. The zero-order valence-corrected chi connectivity index (χ0v) is 20.7. The van der Waals surface area contributed by atoms with Crippen LogP contribution in [0.15, 0.2) is 24.4 Å². The summed E-state index contributed by atoms with van der Waals surface area (Å²) in [5.41, 5.74) is 1.75. The van der Waals surface area contributed by atoms with E-state index in [0.717, 1.165) is 35.5 Å². The van der Waals surface area contributed by atoms with E-state index in [1.54, 1.807) is 6.20 Å². The molecule has 4 rings (SSSR count). The Labute approximate surface area is 204 Å². The molecule has 2 aliphatic carbocycles. The quantitative estimate of drug-likeness (QED) is 0.415. The third kappa shape index (κ3) is 7.18. The molecule has 6 nitrogen and oxygen atoms in total. The lowest BCUT2D eigenvalue weighted by molar-refractivity contribution is -0.123. The third-order valence-corrected chi connectivity index (χ3v) is 7.82. The lowest BCUT2D eigenvalue weighted by Gasteiger charge is -2.24. The molecule has 33 heavy (non-hydrogen) atoms. The number of hydrogen-bond donors (Lipinski definition) is 3. The average molecular weight is 489 g/mol. The highest BCUT2D eigenvalue weighted by Gasteiger charge is 2.29. The standard InChI is InChI=1S/C25H33ClN4O2S/c1-16-22(13-18(26)14-27-16)28-15-20-10-12-23(33-20)25(32)30-21(24(31)29-19-8-9-19)11-7-17-5-3-2-4-6-17/h10,12-14,17,19,21,28H,2-9,11,15H2,1H3,(H,29,31)(H,30,32)/t21-/m0/s1. The van der Waals surface area contributed by atoms with Crippen LogP contribution in [0, 0.1) is 12.8 Å². The van der Waals surface area contributed by atoms with Gasteiger partial charge >= 0.3 is 0 Å². The second-order valence-corrected chi connectivity index (χ2v) is 10.9. The van der Waals surface area contributed by atoms with Crippen LogP contribution in [0.5, 0.6) is 0 Å². The lowest BCUT2D eigenvalue weighted by Crippen LogP contribution is -2.47. The van der Waals surface area contributed by atoms with Crippen LogP contribution in [0.1, 0.15) is 78.0 Å². The number of pyridine rings is 1. The van der Waals surface area contributed by atoms with E-state index in [2.05, 4.69) is 20.9 Å². The normalized spacial score (nSPS) is 17.4. The maximum Gasteiger partial charge on any atom is 0.262 e. The molecule has 1 atom stereocenters. The Morgan fingerprint density at radius 1 is 1.18 bits per heavy atom. The monoisotopic (exact) mass is 488 g/mol. The molecule has 178 valence electrons. The Kier molecular flexibility index (Phi) is 8.25. The molecule has 2 saturated carbocycles. The van der Waals surface area contributed by atoms with Crippen LogP contribution < -0.4 is 16.0 Å². The number of thiophene rings is 1. The minimum Gasteiger partial charge on any atom is -0.379 e. The van der Waals surface area contributed by atoms with Crippen LogP contribution >= 0.6 is 22.9 Å². The fourth-order valence-corrected chi connectivity index (χ4v) is 5.38. The van der Waals surface area contributed by atoms with Gasteiger partial charge in [-0.15, -0.1) is 11.3 Å². The van der Waals surface area contributed by atoms with Gasteiger partial charge in [-0.2, -0.15) is 0 Å². The first-order valence-corrected chi connectivity index (χ1v) is 13.2.